The van der Waals surface area contributed by atoms with Crippen LogP contribution >= 0.6 is 0 Å². The van der Waals surface area contributed by atoms with Crippen molar-refractivity contribution in [1.29, 1.82) is 0 Å². The van der Waals surface area contributed by atoms with E-state index >= 15 is 0 Å². The lowest BCUT2D eigenvalue weighted by molar-refractivity contribution is -0.0335. The number of aliphatic hydroxyl groups is 1. The molecule has 1 aliphatic rings. The van der Waals surface area contributed by atoms with Crippen LogP contribution in [0.15, 0.2) is 0 Å². The van der Waals surface area contributed by atoms with Gasteiger partial charge in [0.1, 0.15) is 0 Å². The first-order valence-electron chi connectivity index (χ1n) is 4.52. The first-order chi connectivity index (χ1) is 5.18. The highest BCUT2D eigenvalue weighted by atomic mass is 16.5. The van der Waals surface area contributed by atoms with Gasteiger partial charge >= 0.3 is 0 Å². The van der Waals surface area contributed by atoms with Crippen LogP contribution in [0.4, 0.5) is 0 Å². The lowest BCUT2D eigenvalue weighted by atomic mass is 9.95. The second-order valence-corrected chi connectivity index (χ2v) is 3.62. The molecule has 1 saturated carbocycles. The molecule has 0 radical (unpaired) electrons. The molecule has 1 aliphatic carbocycles. The molecule has 2 nitrogen and oxygen atoms in total. The van der Waals surface area contributed by atoms with Crippen molar-refractivity contribution in [2.45, 2.75) is 57.8 Å². The summed E-state index contributed by atoms with van der Waals surface area (Å²) in [6.45, 7) is 4.12. The van der Waals surface area contributed by atoms with E-state index in [1.54, 1.807) is 0 Å². The van der Waals surface area contributed by atoms with Crippen molar-refractivity contribution >= 4 is 0 Å². The Balaban J connectivity index is 2.17. The molecule has 0 aromatic heterocycles. The smallest absolute Gasteiger partial charge is 0.0580 e. The third kappa shape index (κ3) is 3.21. The Labute approximate surface area is 68.6 Å². The second-order valence-electron chi connectivity index (χ2n) is 3.62. The first-order valence-corrected chi connectivity index (χ1v) is 4.52. The fraction of sp³-hybridized carbons (Fsp3) is 1.00. The number of ether oxygens (including phenoxy) is 1. The molecule has 0 bridgehead atoms. The third-order valence-electron chi connectivity index (χ3n) is 2.11. The Bertz CT molecular complexity index is 104. The highest BCUT2D eigenvalue weighted by Crippen LogP contribution is 2.21. The highest BCUT2D eigenvalue weighted by molar-refractivity contribution is 4.71. The molecule has 0 unspecified atom stereocenters. The Morgan fingerprint density at radius 3 is 2.18 bits per heavy atom. The molecular weight excluding hydrogens is 140 g/mol. The quantitative estimate of drug-likeness (QED) is 0.663. The van der Waals surface area contributed by atoms with Gasteiger partial charge in [0.15, 0.2) is 0 Å². The molecule has 1 fully saturated rings. The van der Waals surface area contributed by atoms with E-state index in [4.69, 9.17) is 4.74 Å². The van der Waals surface area contributed by atoms with Crippen molar-refractivity contribution in [2.75, 3.05) is 0 Å². The third-order valence-corrected chi connectivity index (χ3v) is 2.11. The summed E-state index contributed by atoms with van der Waals surface area (Å²) >= 11 is 0. The first kappa shape index (κ1) is 9.01. The molecule has 66 valence electrons. The van der Waals surface area contributed by atoms with Crippen LogP contribution in [0.1, 0.15) is 39.5 Å². The average molecular weight is 158 g/mol. The van der Waals surface area contributed by atoms with Crippen LogP contribution in [-0.4, -0.2) is 23.4 Å². The summed E-state index contributed by atoms with van der Waals surface area (Å²) in [4.78, 5) is 0. The molecule has 0 aromatic rings. The summed E-state index contributed by atoms with van der Waals surface area (Å²) in [5.74, 6) is 0. The molecule has 0 saturated heterocycles. The van der Waals surface area contributed by atoms with Gasteiger partial charge in [-0.3, -0.25) is 0 Å². The van der Waals surface area contributed by atoms with Gasteiger partial charge in [0.2, 0.25) is 0 Å². The largest absolute Gasteiger partial charge is 0.393 e. The molecular formula is C9H18O2. The van der Waals surface area contributed by atoms with Crippen molar-refractivity contribution < 1.29 is 9.84 Å². The fourth-order valence-corrected chi connectivity index (χ4v) is 1.57. The van der Waals surface area contributed by atoms with E-state index in [0.29, 0.717) is 12.2 Å². The lowest BCUT2D eigenvalue weighted by Crippen LogP contribution is -2.26. The molecule has 1 rings (SSSR count). The fourth-order valence-electron chi connectivity index (χ4n) is 1.57. The van der Waals surface area contributed by atoms with Gasteiger partial charge in [-0.15, -0.1) is 0 Å². The van der Waals surface area contributed by atoms with Crippen molar-refractivity contribution in [3.63, 3.8) is 0 Å². The Morgan fingerprint density at radius 2 is 1.73 bits per heavy atom. The highest BCUT2D eigenvalue weighted by Gasteiger charge is 2.20. The van der Waals surface area contributed by atoms with Crippen molar-refractivity contribution in [1.82, 2.24) is 0 Å². The normalized spacial score (nSPS) is 32.7. The number of hydrogen-bond acceptors (Lipinski definition) is 2. The molecule has 0 atom stereocenters. The van der Waals surface area contributed by atoms with Crippen LogP contribution in [0, 0.1) is 0 Å². The van der Waals surface area contributed by atoms with E-state index in [1.807, 2.05) is 0 Å². The molecule has 1 N–H and O–H groups in total. The van der Waals surface area contributed by atoms with Gasteiger partial charge in [0, 0.05) is 0 Å². The summed E-state index contributed by atoms with van der Waals surface area (Å²) in [5.41, 5.74) is 0. The summed E-state index contributed by atoms with van der Waals surface area (Å²) in [6.07, 6.45) is 4.55. The molecule has 2 heteroatoms. The number of hydrogen-bond donors (Lipinski definition) is 1. The molecule has 0 amide bonds. The predicted octanol–water partition coefficient (Wildman–Crippen LogP) is 1.71. The maximum atomic E-state index is 9.21. The van der Waals surface area contributed by atoms with Gasteiger partial charge in [0.25, 0.3) is 0 Å². The lowest BCUT2D eigenvalue weighted by Gasteiger charge is -2.26. The monoisotopic (exact) mass is 158 g/mol. The zero-order valence-electron chi connectivity index (χ0n) is 7.42. The summed E-state index contributed by atoms with van der Waals surface area (Å²) < 4.78 is 5.63. The zero-order chi connectivity index (χ0) is 8.27. The number of aliphatic hydroxyl groups excluding tert-OH is 1. The predicted molar refractivity (Wildman–Crippen MR) is 44.5 cm³/mol. The van der Waals surface area contributed by atoms with Crippen molar-refractivity contribution in [3.8, 4) is 0 Å². The average Bonchev–Trinajstić information content (AvgIpc) is 1.93. The van der Waals surface area contributed by atoms with E-state index in [0.717, 1.165) is 25.7 Å². The molecule has 0 spiro atoms. The standard InChI is InChI=1S/C9H18O2/c1-7(2)11-9-5-3-8(10)4-6-9/h7-10H,3-6H2,1-2H3. The molecule has 0 aromatic carbocycles. The summed E-state index contributed by atoms with van der Waals surface area (Å²) in [7, 11) is 0. The van der Waals surface area contributed by atoms with Crippen molar-refractivity contribution in [3.05, 3.63) is 0 Å². The zero-order valence-corrected chi connectivity index (χ0v) is 7.42. The minimum absolute atomic E-state index is 0.0676. The van der Waals surface area contributed by atoms with Crippen LogP contribution in [-0.2, 0) is 4.74 Å². The van der Waals surface area contributed by atoms with Crippen LogP contribution in [0.3, 0.4) is 0 Å². The maximum Gasteiger partial charge on any atom is 0.0580 e. The van der Waals surface area contributed by atoms with E-state index in [2.05, 4.69) is 13.8 Å². The Morgan fingerprint density at radius 1 is 1.18 bits per heavy atom. The van der Waals surface area contributed by atoms with Gasteiger partial charge in [0.05, 0.1) is 18.3 Å². The Kier molecular flexibility index (Phi) is 3.34. The van der Waals surface area contributed by atoms with E-state index in [1.165, 1.54) is 0 Å². The topological polar surface area (TPSA) is 29.5 Å². The van der Waals surface area contributed by atoms with Crippen LogP contribution in [0.2, 0.25) is 0 Å². The van der Waals surface area contributed by atoms with Gasteiger partial charge in [-0.1, -0.05) is 0 Å². The number of rotatable bonds is 2. The summed E-state index contributed by atoms with van der Waals surface area (Å²) in [6, 6.07) is 0. The van der Waals surface area contributed by atoms with Crippen LogP contribution in [0.5, 0.6) is 0 Å². The van der Waals surface area contributed by atoms with E-state index < -0.39 is 0 Å². The maximum absolute atomic E-state index is 9.21. The molecule has 11 heavy (non-hydrogen) atoms. The summed E-state index contributed by atoms with van der Waals surface area (Å²) in [5, 5.41) is 9.21. The van der Waals surface area contributed by atoms with Gasteiger partial charge in [-0.2, -0.15) is 0 Å². The molecule has 0 aliphatic heterocycles. The molecule has 0 heterocycles. The van der Waals surface area contributed by atoms with E-state index in [9.17, 15) is 5.11 Å². The van der Waals surface area contributed by atoms with Crippen molar-refractivity contribution in [2.24, 2.45) is 0 Å². The Hall–Kier alpha value is -0.0800. The van der Waals surface area contributed by atoms with E-state index in [-0.39, 0.29) is 6.10 Å². The second kappa shape index (κ2) is 4.07. The van der Waals surface area contributed by atoms with Gasteiger partial charge in [-0.25, -0.2) is 0 Å². The minimum Gasteiger partial charge on any atom is -0.393 e. The van der Waals surface area contributed by atoms with Crippen LogP contribution in [0.25, 0.3) is 0 Å². The minimum atomic E-state index is -0.0676. The van der Waals surface area contributed by atoms with Gasteiger partial charge in [-0.05, 0) is 39.5 Å². The SMILES string of the molecule is CC(C)OC1CCC(O)CC1. The van der Waals surface area contributed by atoms with Gasteiger partial charge < -0.3 is 9.84 Å². The van der Waals surface area contributed by atoms with Crippen LogP contribution < -0.4 is 0 Å².